The zero-order valence-corrected chi connectivity index (χ0v) is 7.39. The van der Waals surface area contributed by atoms with Crippen LogP contribution in [0.15, 0.2) is 0 Å². The summed E-state index contributed by atoms with van der Waals surface area (Å²) in [6.07, 6.45) is 0.606. The fourth-order valence-corrected chi connectivity index (χ4v) is 0.762. The third-order valence-corrected chi connectivity index (χ3v) is 1.30. The number of hydrogen-bond acceptors (Lipinski definition) is 2. The van der Waals surface area contributed by atoms with Crippen molar-refractivity contribution in [2.45, 2.75) is 33.6 Å². The molecule has 3 heteroatoms. The van der Waals surface area contributed by atoms with Gasteiger partial charge in [0.25, 0.3) is 0 Å². The summed E-state index contributed by atoms with van der Waals surface area (Å²) in [7, 11) is 0. The first-order valence-corrected chi connectivity index (χ1v) is 3.77. The van der Waals surface area contributed by atoms with Crippen molar-refractivity contribution in [2.75, 3.05) is 6.61 Å². The summed E-state index contributed by atoms with van der Waals surface area (Å²) < 4.78 is 4.35. The molecule has 0 aliphatic heterocycles. The molecule has 0 aromatic heterocycles. The van der Waals surface area contributed by atoms with Gasteiger partial charge in [0, 0.05) is 0 Å². The van der Waals surface area contributed by atoms with E-state index in [9.17, 15) is 4.79 Å². The molecule has 66 valence electrons. The van der Waals surface area contributed by atoms with E-state index < -0.39 is 6.16 Å². The molecule has 0 heterocycles. The molecule has 0 aromatic carbocycles. The average Bonchev–Trinajstić information content (AvgIpc) is 1.78. The Morgan fingerprint density at radius 1 is 1.45 bits per heavy atom. The van der Waals surface area contributed by atoms with Crippen LogP contribution in [0.1, 0.15) is 33.6 Å². The van der Waals surface area contributed by atoms with Crippen LogP contribution in [0, 0.1) is 5.41 Å². The second-order valence-electron chi connectivity index (χ2n) is 3.78. The summed E-state index contributed by atoms with van der Waals surface area (Å²) in [6, 6.07) is 0. The predicted molar refractivity (Wildman–Crippen MR) is 42.7 cm³/mol. The van der Waals surface area contributed by atoms with Gasteiger partial charge < -0.3 is 9.84 Å². The van der Waals surface area contributed by atoms with Crippen molar-refractivity contribution in [3.05, 3.63) is 0 Å². The van der Waals surface area contributed by atoms with Gasteiger partial charge in [-0.15, -0.1) is 0 Å². The molecule has 0 spiro atoms. The highest BCUT2D eigenvalue weighted by atomic mass is 16.7. The second-order valence-corrected chi connectivity index (χ2v) is 3.78. The average molecular weight is 160 g/mol. The van der Waals surface area contributed by atoms with E-state index in [4.69, 9.17) is 5.11 Å². The zero-order valence-electron chi connectivity index (χ0n) is 7.39. The molecule has 0 radical (unpaired) electrons. The lowest BCUT2D eigenvalue weighted by Crippen LogP contribution is -2.08. The molecule has 3 nitrogen and oxygen atoms in total. The number of hydrogen-bond donors (Lipinski definition) is 1. The van der Waals surface area contributed by atoms with Gasteiger partial charge in [-0.05, 0) is 18.3 Å². The summed E-state index contributed by atoms with van der Waals surface area (Å²) in [5.74, 6) is 0. The largest absolute Gasteiger partial charge is 0.505 e. The lowest BCUT2D eigenvalue weighted by atomic mass is 9.91. The van der Waals surface area contributed by atoms with Crippen molar-refractivity contribution in [1.82, 2.24) is 0 Å². The lowest BCUT2D eigenvalue weighted by Gasteiger charge is -2.16. The third kappa shape index (κ3) is 9.27. The highest BCUT2D eigenvalue weighted by Gasteiger charge is 2.09. The van der Waals surface area contributed by atoms with Crippen molar-refractivity contribution < 1.29 is 14.6 Å². The van der Waals surface area contributed by atoms with Crippen LogP contribution in [0.5, 0.6) is 0 Å². The SMILES string of the molecule is CC(C)(C)CCCOC(=O)O. The molecule has 0 aliphatic carbocycles. The van der Waals surface area contributed by atoms with Crippen LogP contribution in [0.3, 0.4) is 0 Å². The minimum Gasteiger partial charge on any atom is -0.450 e. The molecule has 0 aliphatic rings. The molecule has 0 rings (SSSR count). The van der Waals surface area contributed by atoms with E-state index in [0.29, 0.717) is 6.61 Å². The molecule has 0 unspecified atom stereocenters. The van der Waals surface area contributed by atoms with Gasteiger partial charge in [0.2, 0.25) is 0 Å². The lowest BCUT2D eigenvalue weighted by molar-refractivity contribution is 0.0874. The first-order chi connectivity index (χ1) is 4.92. The van der Waals surface area contributed by atoms with Crippen LogP contribution < -0.4 is 0 Å². The summed E-state index contributed by atoms with van der Waals surface area (Å²) in [5, 5.41) is 8.12. The fraction of sp³-hybridized carbons (Fsp3) is 0.875. The van der Waals surface area contributed by atoms with Crippen molar-refractivity contribution in [3.63, 3.8) is 0 Å². The molecule has 0 amide bonds. The van der Waals surface area contributed by atoms with Crippen LogP contribution in [0.2, 0.25) is 0 Å². The molecular weight excluding hydrogens is 144 g/mol. The van der Waals surface area contributed by atoms with E-state index >= 15 is 0 Å². The summed E-state index contributed by atoms with van der Waals surface area (Å²) >= 11 is 0. The highest BCUT2D eigenvalue weighted by Crippen LogP contribution is 2.20. The van der Waals surface area contributed by atoms with E-state index in [1.807, 2.05) is 0 Å². The number of carbonyl (C=O) groups is 1. The second kappa shape index (κ2) is 4.21. The quantitative estimate of drug-likeness (QED) is 0.509. The molecule has 0 atom stereocenters. The van der Waals surface area contributed by atoms with Crippen molar-refractivity contribution in [1.29, 1.82) is 0 Å². The van der Waals surface area contributed by atoms with Crippen molar-refractivity contribution in [3.8, 4) is 0 Å². The van der Waals surface area contributed by atoms with Crippen molar-refractivity contribution in [2.24, 2.45) is 5.41 Å². The number of carboxylic acid groups (broad SMARTS) is 1. The third-order valence-electron chi connectivity index (χ3n) is 1.30. The van der Waals surface area contributed by atoms with Gasteiger partial charge in [0.1, 0.15) is 0 Å². The maximum absolute atomic E-state index is 9.90. The highest BCUT2D eigenvalue weighted by molar-refractivity contribution is 5.56. The van der Waals surface area contributed by atoms with Gasteiger partial charge in [0.15, 0.2) is 0 Å². The monoisotopic (exact) mass is 160 g/mol. The van der Waals surface area contributed by atoms with Crippen LogP contribution in [0.25, 0.3) is 0 Å². The van der Waals surface area contributed by atoms with Crippen LogP contribution in [-0.4, -0.2) is 17.9 Å². The summed E-state index contributed by atoms with van der Waals surface area (Å²) in [6.45, 7) is 6.67. The fourth-order valence-electron chi connectivity index (χ4n) is 0.762. The Morgan fingerprint density at radius 3 is 2.36 bits per heavy atom. The molecular formula is C8H16O3. The molecule has 0 aromatic rings. The topological polar surface area (TPSA) is 46.5 Å². The van der Waals surface area contributed by atoms with E-state index in [0.717, 1.165) is 12.8 Å². The maximum Gasteiger partial charge on any atom is 0.505 e. The smallest absolute Gasteiger partial charge is 0.450 e. The Balaban J connectivity index is 3.22. The van der Waals surface area contributed by atoms with E-state index in [-0.39, 0.29) is 5.41 Å². The first kappa shape index (κ1) is 10.3. The Bertz CT molecular complexity index is 124. The Hall–Kier alpha value is -0.730. The van der Waals surface area contributed by atoms with E-state index in [1.165, 1.54) is 0 Å². The Morgan fingerprint density at radius 2 is 2.00 bits per heavy atom. The summed E-state index contributed by atoms with van der Waals surface area (Å²) in [5.41, 5.74) is 0.266. The Kier molecular flexibility index (Phi) is 3.93. The molecule has 0 fully saturated rings. The molecule has 0 saturated heterocycles. The van der Waals surface area contributed by atoms with Gasteiger partial charge in [-0.2, -0.15) is 0 Å². The normalized spacial score (nSPS) is 11.2. The molecule has 0 saturated carbocycles. The standard InChI is InChI=1S/C8H16O3/c1-8(2,3)5-4-6-11-7(9)10/h4-6H2,1-3H3,(H,9,10). The van der Waals surface area contributed by atoms with Crippen LogP contribution in [-0.2, 0) is 4.74 Å². The van der Waals surface area contributed by atoms with Crippen LogP contribution in [0.4, 0.5) is 4.79 Å². The van der Waals surface area contributed by atoms with Crippen molar-refractivity contribution >= 4 is 6.16 Å². The van der Waals surface area contributed by atoms with Gasteiger partial charge in [-0.1, -0.05) is 20.8 Å². The maximum atomic E-state index is 9.90. The van der Waals surface area contributed by atoms with Gasteiger partial charge in [-0.3, -0.25) is 0 Å². The molecule has 11 heavy (non-hydrogen) atoms. The van der Waals surface area contributed by atoms with E-state index in [2.05, 4.69) is 25.5 Å². The van der Waals surface area contributed by atoms with Gasteiger partial charge >= 0.3 is 6.16 Å². The minimum absolute atomic E-state index is 0.266. The van der Waals surface area contributed by atoms with E-state index in [1.54, 1.807) is 0 Å². The van der Waals surface area contributed by atoms with Gasteiger partial charge in [0.05, 0.1) is 6.61 Å². The number of rotatable bonds is 3. The zero-order chi connectivity index (χ0) is 8.91. The minimum atomic E-state index is -1.18. The summed E-state index contributed by atoms with van der Waals surface area (Å²) in [4.78, 5) is 9.90. The number of ether oxygens (including phenoxy) is 1. The van der Waals surface area contributed by atoms with Gasteiger partial charge in [-0.25, -0.2) is 4.79 Å². The Labute approximate surface area is 67.4 Å². The molecule has 1 N–H and O–H groups in total. The first-order valence-electron chi connectivity index (χ1n) is 3.77. The predicted octanol–water partition coefficient (Wildman–Crippen LogP) is 2.51. The molecule has 0 bridgehead atoms. The van der Waals surface area contributed by atoms with Crippen LogP contribution >= 0.6 is 0 Å².